The number of allylic oxidation sites excluding steroid dienone is 1. The summed E-state index contributed by atoms with van der Waals surface area (Å²) in [6.45, 7) is 9.99. The van der Waals surface area contributed by atoms with E-state index in [0.717, 1.165) is 24.0 Å². The van der Waals surface area contributed by atoms with E-state index in [-0.39, 0.29) is 6.10 Å². The number of hydrogen-bond donors (Lipinski definition) is 1. The van der Waals surface area contributed by atoms with Gasteiger partial charge in [0.2, 0.25) is 0 Å². The van der Waals surface area contributed by atoms with Crippen LogP contribution in [0.3, 0.4) is 0 Å². The van der Waals surface area contributed by atoms with Crippen molar-refractivity contribution >= 4 is 0 Å². The molecule has 1 atom stereocenters. The van der Waals surface area contributed by atoms with Crippen molar-refractivity contribution in [2.24, 2.45) is 0 Å². The third kappa shape index (κ3) is 3.52. The van der Waals surface area contributed by atoms with Gasteiger partial charge in [0.25, 0.3) is 0 Å². The molecule has 1 aromatic rings. The maximum atomic E-state index is 9.94. The summed E-state index contributed by atoms with van der Waals surface area (Å²) in [5.74, 6) is 0. The van der Waals surface area contributed by atoms with E-state index >= 15 is 0 Å². The van der Waals surface area contributed by atoms with Gasteiger partial charge in [-0.2, -0.15) is 0 Å². The summed E-state index contributed by atoms with van der Waals surface area (Å²) in [5, 5.41) is 9.94. The van der Waals surface area contributed by atoms with E-state index in [9.17, 15) is 5.11 Å². The van der Waals surface area contributed by atoms with Gasteiger partial charge in [0, 0.05) is 0 Å². The van der Waals surface area contributed by atoms with Crippen molar-refractivity contribution in [2.75, 3.05) is 0 Å². The molecule has 1 rings (SSSR count). The number of aliphatic hydroxyl groups is 1. The van der Waals surface area contributed by atoms with E-state index in [0.29, 0.717) is 0 Å². The maximum absolute atomic E-state index is 9.94. The van der Waals surface area contributed by atoms with Gasteiger partial charge in [-0.3, -0.25) is 0 Å². The number of aliphatic hydroxyl groups excluding tert-OH is 1. The second-order valence-corrected chi connectivity index (χ2v) is 4.36. The van der Waals surface area contributed by atoms with Crippen LogP contribution in [0, 0.1) is 13.8 Å². The molecule has 0 aromatic heterocycles. The Morgan fingerprint density at radius 2 is 2.00 bits per heavy atom. The van der Waals surface area contributed by atoms with Gasteiger partial charge >= 0.3 is 0 Å². The molecule has 0 bridgehead atoms. The van der Waals surface area contributed by atoms with Crippen LogP contribution in [0.1, 0.15) is 42.6 Å². The lowest BCUT2D eigenvalue weighted by atomic mass is 9.99. The molecule has 1 aromatic carbocycles. The average molecular weight is 204 g/mol. The fraction of sp³-hybridized carbons (Fsp3) is 0.429. The first kappa shape index (κ1) is 12.0. The van der Waals surface area contributed by atoms with Crippen LogP contribution in [0.5, 0.6) is 0 Å². The maximum Gasteiger partial charge on any atom is 0.0793 e. The largest absolute Gasteiger partial charge is 0.388 e. The van der Waals surface area contributed by atoms with E-state index in [4.69, 9.17) is 0 Å². The van der Waals surface area contributed by atoms with Crippen LogP contribution >= 0.6 is 0 Å². The zero-order chi connectivity index (χ0) is 11.4. The molecule has 0 heterocycles. The van der Waals surface area contributed by atoms with E-state index in [2.05, 4.69) is 32.6 Å². The minimum atomic E-state index is -0.360. The second kappa shape index (κ2) is 5.13. The highest BCUT2D eigenvalue weighted by Gasteiger charge is 2.07. The highest BCUT2D eigenvalue weighted by Crippen LogP contribution is 2.22. The predicted octanol–water partition coefficient (Wildman–Crippen LogP) is 3.69. The Morgan fingerprint density at radius 1 is 1.33 bits per heavy atom. The smallest absolute Gasteiger partial charge is 0.0793 e. The van der Waals surface area contributed by atoms with Gasteiger partial charge in [0.05, 0.1) is 6.10 Å². The molecular weight excluding hydrogens is 184 g/mol. The molecule has 15 heavy (non-hydrogen) atoms. The van der Waals surface area contributed by atoms with Crippen LogP contribution in [0.25, 0.3) is 0 Å². The second-order valence-electron chi connectivity index (χ2n) is 4.36. The molecule has 0 amide bonds. The zero-order valence-corrected chi connectivity index (χ0v) is 9.88. The molecular formula is C14H20O. The SMILES string of the molecule is C=C(C)CCC(O)c1ccc(C)c(C)c1. The van der Waals surface area contributed by atoms with Crippen LogP contribution in [0.2, 0.25) is 0 Å². The van der Waals surface area contributed by atoms with Crippen molar-refractivity contribution in [3.05, 3.63) is 47.0 Å². The summed E-state index contributed by atoms with van der Waals surface area (Å²) < 4.78 is 0. The standard InChI is InChI=1S/C14H20O/c1-10(2)5-8-14(15)13-7-6-11(3)12(4)9-13/h6-7,9,14-15H,1,5,8H2,2-4H3. The van der Waals surface area contributed by atoms with Crippen LogP contribution < -0.4 is 0 Å². The van der Waals surface area contributed by atoms with E-state index < -0.39 is 0 Å². The quantitative estimate of drug-likeness (QED) is 0.741. The summed E-state index contributed by atoms with van der Waals surface area (Å²) in [5.41, 5.74) is 4.64. The van der Waals surface area contributed by atoms with Gasteiger partial charge in [-0.05, 0) is 50.3 Å². The Balaban J connectivity index is 2.69. The molecule has 0 saturated carbocycles. The predicted molar refractivity (Wildman–Crippen MR) is 64.9 cm³/mol. The Morgan fingerprint density at radius 3 is 2.53 bits per heavy atom. The molecule has 1 N–H and O–H groups in total. The number of rotatable bonds is 4. The molecule has 0 aliphatic carbocycles. The number of hydrogen-bond acceptors (Lipinski definition) is 1. The van der Waals surface area contributed by atoms with E-state index in [1.54, 1.807) is 0 Å². The molecule has 0 aliphatic heterocycles. The van der Waals surface area contributed by atoms with Crippen molar-refractivity contribution in [2.45, 2.75) is 39.7 Å². The van der Waals surface area contributed by atoms with Crippen molar-refractivity contribution in [3.63, 3.8) is 0 Å². The van der Waals surface area contributed by atoms with Crippen molar-refractivity contribution in [1.82, 2.24) is 0 Å². The Labute approximate surface area is 92.5 Å². The first-order valence-corrected chi connectivity index (χ1v) is 5.40. The average Bonchev–Trinajstić information content (AvgIpc) is 2.18. The van der Waals surface area contributed by atoms with Crippen LogP contribution in [0.4, 0.5) is 0 Å². The first-order valence-electron chi connectivity index (χ1n) is 5.40. The van der Waals surface area contributed by atoms with Gasteiger partial charge in [-0.25, -0.2) is 0 Å². The molecule has 1 nitrogen and oxygen atoms in total. The molecule has 0 saturated heterocycles. The number of benzene rings is 1. The number of aryl methyl sites for hydroxylation is 2. The molecule has 0 aliphatic rings. The Hall–Kier alpha value is -1.08. The minimum absolute atomic E-state index is 0.360. The van der Waals surface area contributed by atoms with Crippen molar-refractivity contribution in [1.29, 1.82) is 0 Å². The fourth-order valence-electron chi connectivity index (χ4n) is 1.52. The minimum Gasteiger partial charge on any atom is -0.388 e. The van der Waals surface area contributed by atoms with Gasteiger partial charge < -0.3 is 5.11 Å². The lowest BCUT2D eigenvalue weighted by molar-refractivity contribution is 0.168. The van der Waals surface area contributed by atoms with Gasteiger partial charge in [-0.1, -0.05) is 23.8 Å². The lowest BCUT2D eigenvalue weighted by Crippen LogP contribution is -1.98. The fourth-order valence-corrected chi connectivity index (χ4v) is 1.52. The molecule has 0 fully saturated rings. The third-order valence-electron chi connectivity index (χ3n) is 2.76. The lowest BCUT2D eigenvalue weighted by Gasteiger charge is -2.12. The molecule has 1 heteroatoms. The Kier molecular flexibility index (Phi) is 4.10. The zero-order valence-electron chi connectivity index (χ0n) is 9.88. The van der Waals surface area contributed by atoms with Gasteiger partial charge in [0.1, 0.15) is 0 Å². The normalized spacial score (nSPS) is 12.5. The third-order valence-corrected chi connectivity index (χ3v) is 2.76. The highest BCUT2D eigenvalue weighted by molar-refractivity contribution is 5.31. The summed E-state index contributed by atoms with van der Waals surface area (Å²) in [7, 11) is 0. The Bertz CT molecular complexity index is 352. The topological polar surface area (TPSA) is 20.2 Å². The monoisotopic (exact) mass is 204 g/mol. The van der Waals surface area contributed by atoms with Gasteiger partial charge in [-0.15, -0.1) is 6.58 Å². The van der Waals surface area contributed by atoms with Gasteiger partial charge in [0.15, 0.2) is 0 Å². The summed E-state index contributed by atoms with van der Waals surface area (Å²) >= 11 is 0. The van der Waals surface area contributed by atoms with E-state index in [1.807, 2.05) is 13.0 Å². The summed E-state index contributed by atoms with van der Waals surface area (Å²) in [4.78, 5) is 0. The summed E-state index contributed by atoms with van der Waals surface area (Å²) in [6, 6.07) is 6.14. The summed E-state index contributed by atoms with van der Waals surface area (Å²) in [6.07, 6.45) is 1.28. The van der Waals surface area contributed by atoms with E-state index in [1.165, 1.54) is 11.1 Å². The molecule has 0 radical (unpaired) electrons. The molecule has 82 valence electrons. The van der Waals surface area contributed by atoms with Crippen molar-refractivity contribution < 1.29 is 5.11 Å². The van der Waals surface area contributed by atoms with Crippen molar-refractivity contribution in [3.8, 4) is 0 Å². The van der Waals surface area contributed by atoms with Crippen LogP contribution in [-0.4, -0.2) is 5.11 Å². The highest BCUT2D eigenvalue weighted by atomic mass is 16.3. The first-order chi connectivity index (χ1) is 7.00. The molecule has 0 spiro atoms. The van der Waals surface area contributed by atoms with Crippen LogP contribution in [0.15, 0.2) is 30.4 Å². The molecule has 1 unspecified atom stereocenters. The van der Waals surface area contributed by atoms with Crippen LogP contribution in [-0.2, 0) is 0 Å².